The van der Waals surface area contributed by atoms with Crippen LogP contribution in [0.2, 0.25) is 5.02 Å². The van der Waals surface area contributed by atoms with Gasteiger partial charge in [-0.25, -0.2) is 4.98 Å². The van der Waals surface area contributed by atoms with Gasteiger partial charge in [0, 0.05) is 17.5 Å². The number of halogens is 1. The van der Waals surface area contributed by atoms with E-state index in [-0.39, 0.29) is 6.04 Å². The van der Waals surface area contributed by atoms with Crippen LogP contribution in [0.3, 0.4) is 0 Å². The first-order valence-electron chi connectivity index (χ1n) is 5.81. The zero-order chi connectivity index (χ0) is 13.1. The highest BCUT2D eigenvalue weighted by atomic mass is 35.5. The number of hydrogen-bond acceptors (Lipinski definition) is 4. The highest BCUT2D eigenvalue weighted by molar-refractivity contribution is 7.11. The van der Waals surface area contributed by atoms with Crippen molar-refractivity contribution in [3.63, 3.8) is 0 Å². The second kappa shape index (κ2) is 5.78. The number of pyridine rings is 1. The standard InChI is InChI=1S/C13H16ClN3S/c1-8-9(2)18-13(17-8)6-12(15-3)11-5-4-10(14)7-16-11/h4-5,7,12,15H,6H2,1-3H3. The summed E-state index contributed by atoms with van der Waals surface area (Å²) in [6.07, 6.45) is 2.53. The summed E-state index contributed by atoms with van der Waals surface area (Å²) in [6, 6.07) is 4.00. The van der Waals surface area contributed by atoms with Crippen molar-refractivity contribution in [2.75, 3.05) is 7.05 Å². The van der Waals surface area contributed by atoms with Gasteiger partial charge in [0.1, 0.15) is 0 Å². The molecule has 96 valence electrons. The van der Waals surface area contributed by atoms with Gasteiger partial charge in [-0.1, -0.05) is 11.6 Å². The Balaban J connectivity index is 2.16. The van der Waals surface area contributed by atoms with E-state index in [1.807, 2.05) is 26.1 Å². The maximum Gasteiger partial charge on any atom is 0.0950 e. The van der Waals surface area contributed by atoms with E-state index in [9.17, 15) is 0 Å². The van der Waals surface area contributed by atoms with Gasteiger partial charge in [0.15, 0.2) is 0 Å². The fourth-order valence-corrected chi connectivity index (χ4v) is 2.84. The number of rotatable bonds is 4. The van der Waals surface area contributed by atoms with Crippen LogP contribution in [0.1, 0.15) is 27.3 Å². The Bertz CT molecular complexity index is 502. The van der Waals surface area contributed by atoms with Gasteiger partial charge in [-0.05, 0) is 33.0 Å². The second-order valence-corrected chi connectivity index (χ2v) is 5.92. The monoisotopic (exact) mass is 281 g/mol. The lowest BCUT2D eigenvalue weighted by Gasteiger charge is -2.14. The van der Waals surface area contributed by atoms with Crippen molar-refractivity contribution in [3.8, 4) is 0 Å². The van der Waals surface area contributed by atoms with Gasteiger partial charge in [-0.15, -0.1) is 11.3 Å². The highest BCUT2D eigenvalue weighted by Gasteiger charge is 2.14. The molecular weight excluding hydrogens is 266 g/mol. The average molecular weight is 282 g/mol. The Labute approximate surface area is 116 Å². The fourth-order valence-electron chi connectivity index (χ4n) is 1.75. The summed E-state index contributed by atoms with van der Waals surface area (Å²) in [5, 5.41) is 5.08. The van der Waals surface area contributed by atoms with Gasteiger partial charge in [0.05, 0.1) is 27.5 Å². The predicted molar refractivity (Wildman–Crippen MR) is 76.3 cm³/mol. The lowest BCUT2D eigenvalue weighted by molar-refractivity contribution is 0.574. The summed E-state index contributed by atoms with van der Waals surface area (Å²) >= 11 is 7.60. The minimum atomic E-state index is 0.173. The number of nitrogens with one attached hydrogen (secondary N) is 1. The van der Waals surface area contributed by atoms with Crippen LogP contribution in [-0.2, 0) is 6.42 Å². The van der Waals surface area contributed by atoms with Crippen molar-refractivity contribution < 1.29 is 0 Å². The highest BCUT2D eigenvalue weighted by Crippen LogP contribution is 2.23. The number of nitrogens with zero attached hydrogens (tertiary/aromatic N) is 2. The van der Waals surface area contributed by atoms with Crippen molar-refractivity contribution in [1.82, 2.24) is 15.3 Å². The molecule has 0 aromatic carbocycles. The molecule has 1 atom stereocenters. The molecule has 0 bridgehead atoms. The predicted octanol–water partition coefficient (Wildman–Crippen LogP) is 3.31. The summed E-state index contributed by atoms with van der Waals surface area (Å²) in [5.74, 6) is 0. The molecule has 1 unspecified atom stereocenters. The van der Waals surface area contributed by atoms with E-state index in [0.29, 0.717) is 5.02 Å². The van der Waals surface area contributed by atoms with E-state index in [1.54, 1.807) is 17.5 Å². The van der Waals surface area contributed by atoms with Gasteiger partial charge in [0.2, 0.25) is 0 Å². The molecule has 2 aromatic rings. The van der Waals surface area contributed by atoms with Crippen LogP contribution in [0.4, 0.5) is 0 Å². The molecule has 0 aliphatic rings. The van der Waals surface area contributed by atoms with Gasteiger partial charge in [-0.3, -0.25) is 4.98 Å². The zero-order valence-electron chi connectivity index (χ0n) is 10.7. The summed E-state index contributed by atoms with van der Waals surface area (Å²) in [6.45, 7) is 4.15. The molecule has 2 aromatic heterocycles. The van der Waals surface area contributed by atoms with Crippen LogP contribution in [-0.4, -0.2) is 17.0 Å². The Hall–Kier alpha value is -0.970. The van der Waals surface area contributed by atoms with Crippen molar-refractivity contribution in [1.29, 1.82) is 0 Å². The SMILES string of the molecule is CNC(Cc1nc(C)c(C)s1)c1ccc(Cl)cn1. The molecule has 0 radical (unpaired) electrons. The third-order valence-electron chi connectivity index (χ3n) is 2.91. The van der Waals surface area contributed by atoms with E-state index in [2.05, 4.69) is 22.2 Å². The number of likely N-dealkylation sites (N-methyl/N-ethyl adjacent to an activating group) is 1. The molecule has 2 heterocycles. The molecule has 0 fully saturated rings. The average Bonchev–Trinajstić information content (AvgIpc) is 2.67. The van der Waals surface area contributed by atoms with Crippen LogP contribution in [0, 0.1) is 13.8 Å². The first kappa shape index (κ1) is 13.5. The van der Waals surface area contributed by atoms with E-state index in [1.165, 1.54) is 4.88 Å². The Morgan fingerprint density at radius 1 is 1.39 bits per heavy atom. The Morgan fingerprint density at radius 3 is 2.67 bits per heavy atom. The minimum Gasteiger partial charge on any atom is -0.311 e. The first-order valence-corrected chi connectivity index (χ1v) is 7.01. The molecule has 2 rings (SSSR count). The van der Waals surface area contributed by atoms with E-state index >= 15 is 0 Å². The molecule has 0 aliphatic heterocycles. The van der Waals surface area contributed by atoms with Crippen LogP contribution >= 0.6 is 22.9 Å². The largest absolute Gasteiger partial charge is 0.311 e. The maximum absolute atomic E-state index is 5.85. The summed E-state index contributed by atoms with van der Waals surface area (Å²) < 4.78 is 0. The normalized spacial score (nSPS) is 12.7. The van der Waals surface area contributed by atoms with Crippen LogP contribution in [0.25, 0.3) is 0 Å². The quantitative estimate of drug-likeness (QED) is 0.934. The molecule has 0 amide bonds. The summed E-state index contributed by atoms with van der Waals surface area (Å²) in [4.78, 5) is 10.2. The van der Waals surface area contributed by atoms with E-state index < -0.39 is 0 Å². The molecular formula is C13H16ClN3S. The number of thiazole rings is 1. The van der Waals surface area contributed by atoms with Crippen LogP contribution < -0.4 is 5.32 Å². The van der Waals surface area contributed by atoms with E-state index in [0.717, 1.165) is 22.8 Å². The topological polar surface area (TPSA) is 37.8 Å². The first-order chi connectivity index (χ1) is 8.60. The lowest BCUT2D eigenvalue weighted by atomic mass is 10.1. The van der Waals surface area contributed by atoms with Crippen molar-refractivity contribution in [3.05, 3.63) is 44.6 Å². The van der Waals surface area contributed by atoms with Gasteiger partial charge >= 0.3 is 0 Å². The molecule has 0 saturated carbocycles. The Morgan fingerprint density at radius 2 is 2.17 bits per heavy atom. The Kier molecular flexibility index (Phi) is 4.32. The van der Waals surface area contributed by atoms with Crippen LogP contribution in [0.15, 0.2) is 18.3 Å². The third-order valence-corrected chi connectivity index (χ3v) is 4.23. The van der Waals surface area contributed by atoms with Crippen LogP contribution in [0.5, 0.6) is 0 Å². The van der Waals surface area contributed by atoms with Gasteiger partial charge < -0.3 is 5.32 Å². The molecule has 1 N–H and O–H groups in total. The van der Waals surface area contributed by atoms with Gasteiger partial charge in [0.25, 0.3) is 0 Å². The smallest absolute Gasteiger partial charge is 0.0950 e. The molecule has 3 nitrogen and oxygen atoms in total. The van der Waals surface area contributed by atoms with Gasteiger partial charge in [-0.2, -0.15) is 0 Å². The van der Waals surface area contributed by atoms with Crippen molar-refractivity contribution >= 4 is 22.9 Å². The summed E-state index contributed by atoms with van der Waals surface area (Å²) in [7, 11) is 1.94. The number of aromatic nitrogens is 2. The maximum atomic E-state index is 5.85. The number of aryl methyl sites for hydroxylation is 2. The molecule has 0 saturated heterocycles. The lowest BCUT2D eigenvalue weighted by Crippen LogP contribution is -2.19. The zero-order valence-corrected chi connectivity index (χ0v) is 12.3. The third kappa shape index (κ3) is 3.07. The van der Waals surface area contributed by atoms with E-state index in [4.69, 9.17) is 11.6 Å². The molecule has 18 heavy (non-hydrogen) atoms. The molecule has 0 aliphatic carbocycles. The van der Waals surface area contributed by atoms with Crippen molar-refractivity contribution in [2.24, 2.45) is 0 Å². The minimum absolute atomic E-state index is 0.173. The second-order valence-electron chi connectivity index (χ2n) is 4.20. The summed E-state index contributed by atoms with van der Waals surface area (Å²) in [5.41, 5.74) is 2.11. The molecule has 0 spiro atoms. The molecule has 5 heteroatoms. The fraction of sp³-hybridized carbons (Fsp3) is 0.385. The van der Waals surface area contributed by atoms with Crippen molar-refractivity contribution in [2.45, 2.75) is 26.3 Å². The number of hydrogen-bond donors (Lipinski definition) is 1.